The standard InChI is InChI=1S/C20H23N5O/c1-3-17-6-4-5-11-25(17)19(26)18-12-14(2)22-20(24-18)23-16-9-7-15(13-21)8-10-16/h7-10,12,17H,3-6,11H2,1-2H3,(H,22,23,24). The molecular weight excluding hydrogens is 326 g/mol. The van der Waals surface area contributed by atoms with Gasteiger partial charge < -0.3 is 10.2 Å². The van der Waals surface area contributed by atoms with Gasteiger partial charge in [0.2, 0.25) is 5.95 Å². The van der Waals surface area contributed by atoms with Crippen molar-refractivity contribution in [3.05, 3.63) is 47.3 Å². The van der Waals surface area contributed by atoms with Crippen LogP contribution >= 0.6 is 0 Å². The largest absolute Gasteiger partial charge is 0.334 e. The molecule has 6 nitrogen and oxygen atoms in total. The van der Waals surface area contributed by atoms with Crippen LogP contribution in [0.25, 0.3) is 0 Å². The molecule has 1 aliphatic rings. The highest BCUT2D eigenvalue weighted by Gasteiger charge is 2.27. The van der Waals surface area contributed by atoms with E-state index in [1.54, 1.807) is 30.3 Å². The van der Waals surface area contributed by atoms with Crippen molar-refractivity contribution in [2.24, 2.45) is 0 Å². The SMILES string of the molecule is CCC1CCCCN1C(=O)c1cc(C)nc(Nc2ccc(C#N)cc2)n1. The van der Waals surface area contributed by atoms with E-state index in [4.69, 9.17) is 5.26 Å². The Morgan fingerprint density at radius 3 is 2.77 bits per heavy atom. The van der Waals surface area contributed by atoms with Gasteiger partial charge in [0.05, 0.1) is 11.6 Å². The summed E-state index contributed by atoms with van der Waals surface area (Å²) in [5.41, 5.74) is 2.53. The van der Waals surface area contributed by atoms with Crippen molar-refractivity contribution in [2.45, 2.75) is 45.6 Å². The summed E-state index contributed by atoms with van der Waals surface area (Å²) in [5, 5.41) is 12.0. The van der Waals surface area contributed by atoms with E-state index in [-0.39, 0.29) is 5.91 Å². The monoisotopic (exact) mass is 349 g/mol. The molecule has 0 radical (unpaired) electrons. The minimum absolute atomic E-state index is 0.0232. The summed E-state index contributed by atoms with van der Waals surface area (Å²) in [6.07, 6.45) is 4.24. The molecule has 6 heteroatoms. The van der Waals surface area contributed by atoms with Gasteiger partial charge in [-0.1, -0.05) is 6.92 Å². The average Bonchev–Trinajstić information content (AvgIpc) is 2.67. The Morgan fingerprint density at radius 1 is 1.31 bits per heavy atom. The second-order valence-electron chi connectivity index (χ2n) is 6.59. The lowest BCUT2D eigenvalue weighted by atomic mass is 9.99. The first-order chi connectivity index (χ1) is 12.6. The van der Waals surface area contributed by atoms with E-state index in [9.17, 15) is 4.79 Å². The third-order valence-electron chi connectivity index (χ3n) is 4.70. The molecule has 1 N–H and O–H groups in total. The third kappa shape index (κ3) is 3.99. The molecule has 1 aromatic heterocycles. The van der Waals surface area contributed by atoms with Crippen LogP contribution in [0.1, 0.15) is 54.4 Å². The number of nitrogens with zero attached hydrogens (tertiary/aromatic N) is 4. The van der Waals surface area contributed by atoms with Gasteiger partial charge in [-0.3, -0.25) is 4.79 Å². The lowest BCUT2D eigenvalue weighted by molar-refractivity contribution is 0.0602. The van der Waals surface area contributed by atoms with Crippen LogP contribution in [-0.4, -0.2) is 33.4 Å². The van der Waals surface area contributed by atoms with Gasteiger partial charge in [-0.15, -0.1) is 0 Å². The number of benzene rings is 1. The number of likely N-dealkylation sites (tertiary alicyclic amines) is 1. The van der Waals surface area contributed by atoms with Crippen molar-refractivity contribution in [3.8, 4) is 6.07 Å². The normalized spacial score (nSPS) is 16.8. The van der Waals surface area contributed by atoms with Crippen LogP contribution in [0.4, 0.5) is 11.6 Å². The zero-order chi connectivity index (χ0) is 18.5. The summed E-state index contributed by atoms with van der Waals surface area (Å²) in [6, 6.07) is 11.2. The topological polar surface area (TPSA) is 81.9 Å². The molecule has 134 valence electrons. The Labute approximate surface area is 153 Å². The van der Waals surface area contributed by atoms with E-state index in [1.807, 2.05) is 11.8 Å². The molecule has 1 aromatic carbocycles. The van der Waals surface area contributed by atoms with Gasteiger partial charge in [0.15, 0.2) is 0 Å². The van der Waals surface area contributed by atoms with E-state index in [2.05, 4.69) is 28.3 Å². The lowest BCUT2D eigenvalue weighted by Gasteiger charge is -2.35. The third-order valence-corrected chi connectivity index (χ3v) is 4.70. The Morgan fingerprint density at radius 2 is 2.08 bits per heavy atom. The lowest BCUT2D eigenvalue weighted by Crippen LogP contribution is -2.43. The zero-order valence-corrected chi connectivity index (χ0v) is 15.2. The molecule has 1 fully saturated rings. The van der Waals surface area contributed by atoms with E-state index >= 15 is 0 Å². The summed E-state index contributed by atoms with van der Waals surface area (Å²) in [6.45, 7) is 4.77. The van der Waals surface area contributed by atoms with Gasteiger partial charge in [0.1, 0.15) is 5.69 Å². The number of piperidine rings is 1. The average molecular weight is 349 g/mol. The minimum atomic E-state index is -0.0232. The number of carbonyl (C=O) groups excluding carboxylic acids is 1. The number of aromatic nitrogens is 2. The van der Waals surface area contributed by atoms with Gasteiger partial charge in [0, 0.05) is 24.0 Å². The summed E-state index contributed by atoms with van der Waals surface area (Å²) < 4.78 is 0. The van der Waals surface area contributed by atoms with Gasteiger partial charge in [-0.25, -0.2) is 9.97 Å². The smallest absolute Gasteiger partial charge is 0.272 e. The number of nitrogens with one attached hydrogen (secondary N) is 1. The number of aryl methyl sites for hydroxylation is 1. The minimum Gasteiger partial charge on any atom is -0.334 e. The predicted octanol–water partition coefficient (Wildman–Crippen LogP) is 3.81. The number of rotatable bonds is 4. The molecule has 1 atom stereocenters. The molecule has 1 aliphatic heterocycles. The van der Waals surface area contributed by atoms with Gasteiger partial charge >= 0.3 is 0 Å². The van der Waals surface area contributed by atoms with Crippen LogP contribution in [0.15, 0.2) is 30.3 Å². The zero-order valence-electron chi connectivity index (χ0n) is 15.2. The molecule has 1 saturated heterocycles. The first-order valence-corrected chi connectivity index (χ1v) is 9.04. The molecule has 26 heavy (non-hydrogen) atoms. The van der Waals surface area contributed by atoms with E-state index in [0.717, 1.165) is 37.2 Å². The first-order valence-electron chi connectivity index (χ1n) is 9.04. The summed E-state index contributed by atoms with van der Waals surface area (Å²) >= 11 is 0. The van der Waals surface area contributed by atoms with Crippen molar-refractivity contribution in [1.29, 1.82) is 5.26 Å². The maximum absolute atomic E-state index is 13.0. The molecule has 1 amide bonds. The van der Waals surface area contributed by atoms with Gasteiger partial charge in [-0.05, 0) is 62.9 Å². The highest BCUT2D eigenvalue weighted by Crippen LogP contribution is 2.22. The van der Waals surface area contributed by atoms with Crippen molar-refractivity contribution >= 4 is 17.5 Å². The number of nitriles is 1. The predicted molar refractivity (Wildman–Crippen MR) is 100 cm³/mol. The summed E-state index contributed by atoms with van der Waals surface area (Å²) in [4.78, 5) is 23.8. The van der Waals surface area contributed by atoms with Gasteiger partial charge in [-0.2, -0.15) is 5.26 Å². The quantitative estimate of drug-likeness (QED) is 0.908. The number of carbonyl (C=O) groups is 1. The van der Waals surface area contributed by atoms with Crippen molar-refractivity contribution in [2.75, 3.05) is 11.9 Å². The van der Waals surface area contributed by atoms with Crippen LogP contribution in [0.5, 0.6) is 0 Å². The first kappa shape index (κ1) is 17.9. The number of hydrogen-bond acceptors (Lipinski definition) is 5. The maximum atomic E-state index is 13.0. The molecule has 0 spiro atoms. The fourth-order valence-electron chi connectivity index (χ4n) is 3.33. The molecule has 1 unspecified atom stereocenters. The van der Waals surface area contributed by atoms with Crippen LogP contribution in [0.2, 0.25) is 0 Å². The fourth-order valence-corrected chi connectivity index (χ4v) is 3.33. The summed E-state index contributed by atoms with van der Waals surface area (Å²) in [5.74, 6) is 0.369. The molecule has 2 heterocycles. The summed E-state index contributed by atoms with van der Waals surface area (Å²) in [7, 11) is 0. The van der Waals surface area contributed by atoms with Crippen LogP contribution in [-0.2, 0) is 0 Å². The van der Waals surface area contributed by atoms with Crippen molar-refractivity contribution in [1.82, 2.24) is 14.9 Å². The van der Waals surface area contributed by atoms with Crippen molar-refractivity contribution < 1.29 is 4.79 Å². The van der Waals surface area contributed by atoms with Crippen LogP contribution in [0, 0.1) is 18.3 Å². The fraction of sp³-hybridized carbons (Fsp3) is 0.400. The highest BCUT2D eigenvalue weighted by molar-refractivity contribution is 5.93. The molecular formula is C20H23N5O. The van der Waals surface area contributed by atoms with E-state index in [0.29, 0.717) is 23.2 Å². The van der Waals surface area contributed by atoms with Gasteiger partial charge in [0.25, 0.3) is 5.91 Å². The van der Waals surface area contributed by atoms with Crippen molar-refractivity contribution in [3.63, 3.8) is 0 Å². The second-order valence-corrected chi connectivity index (χ2v) is 6.59. The van der Waals surface area contributed by atoms with E-state index in [1.165, 1.54) is 6.42 Å². The number of anilines is 2. The molecule has 3 rings (SSSR count). The highest BCUT2D eigenvalue weighted by atomic mass is 16.2. The number of amides is 1. The molecule has 0 saturated carbocycles. The molecule has 0 aliphatic carbocycles. The van der Waals surface area contributed by atoms with Crippen LogP contribution in [0.3, 0.4) is 0 Å². The maximum Gasteiger partial charge on any atom is 0.272 e. The molecule has 0 bridgehead atoms. The van der Waals surface area contributed by atoms with Crippen LogP contribution < -0.4 is 5.32 Å². The Kier molecular flexibility index (Phi) is 5.47. The molecule has 2 aromatic rings. The second kappa shape index (κ2) is 7.96. The Bertz CT molecular complexity index is 825. The Balaban J connectivity index is 1.82. The number of hydrogen-bond donors (Lipinski definition) is 1. The van der Waals surface area contributed by atoms with E-state index < -0.39 is 0 Å². The Hall–Kier alpha value is -2.94.